The van der Waals surface area contributed by atoms with Crippen molar-refractivity contribution in [2.75, 3.05) is 5.32 Å². The molecule has 1 amide bonds. The molecule has 0 aromatic carbocycles. The van der Waals surface area contributed by atoms with Crippen molar-refractivity contribution < 1.29 is 4.79 Å². The number of pyridine rings is 1. The van der Waals surface area contributed by atoms with Gasteiger partial charge < -0.3 is 9.88 Å². The summed E-state index contributed by atoms with van der Waals surface area (Å²) in [4.78, 5) is 16.2. The molecule has 0 atom stereocenters. The van der Waals surface area contributed by atoms with Gasteiger partial charge in [-0.2, -0.15) is 0 Å². The summed E-state index contributed by atoms with van der Waals surface area (Å²) in [6.07, 6.45) is 7.07. The van der Waals surface area contributed by atoms with Crippen LogP contribution >= 0.6 is 11.6 Å². The zero-order valence-corrected chi connectivity index (χ0v) is 11.1. The molecule has 1 fully saturated rings. The number of amides is 1. The topological polar surface area (TPSA) is 46.9 Å². The highest BCUT2D eigenvalue weighted by molar-refractivity contribution is 6.32. The minimum atomic E-state index is -0.146. The molecule has 0 radical (unpaired) electrons. The van der Waals surface area contributed by atoms with Crippen LogP contribution in [0.5, 0.6) is 0 Å². The van der Waals surface area contributed by atoms with Crippen molar-refractivity contribution in [3.8, 4) is 0 Å². The van der Waals surface area contributed by atoms with Crippen LogP contribution in [-0.4, -0.2) is 15.5 Å². The monoisotopic (exact) mass is 275 g/mol. The van der Waals surface area contributed by atoms with Gasteiger partial charge in [-0.1, -0.05) is 11.6 Å². The van der Waals surface area contributed by atoms with Crippen LogP contribution in [0.15, 0.2) is 36.7 Å². The molecule has 1 aliphatic rings. The summed E-state index contributed by atoms with van der Waals surface area (Å²) < 4.78 is 2.04. The van der Waals surface area contributed by atoms with Gasteiger partial charge in [0.15, 0.2) is 5.15 Å². The standard InChI is InChI=1S/C14H14ClN3O/c15-13-11(6-2-8-16-13)17-14(19)12-7-3-9-18(12)10-4-1-5-10/h2-3,6-10H,1,4-5H2,(H,17,19). The highest BCUT2D eigenvalue weighted by Gasteiger charge is 2.23. The Balaban J connectivity index is 1.81. The fraction of sp³-hybridized carbons (Fsp3) is 0.286. The second kappa shape index (κ2) is 5.05. The molecule has 1 aliphatic carbocycles. The van der Waals surface area contributed by atoms with E-state index in [-0.39, 0.29) is 5.91 Å². The van der Waals surface area contributed by atoms with Crippen molar-refractivity contribution in [2.45, 2.75) is 25.3 Å². The van der Waals surface area contributed by atoms with Gasteiger partial charge in [0.05, 0.1) is 5.69 Å². The molecule has 5 heteroatoms. The van der Waals surface area contributed by atoms with Crippen molar-refractivity contribution in [2.24, 2.45) is 0 Å². The molecule has 0 aliphatic heterocycles. The van der Waals surface area contributed by atoms with Gasteiger partial charge >= 0.3 is 0 Å². The minimum absolute atomic E-state index is 0.146. The average Bonchev–Trinajstić information content (AvgIpc) is 2.79. The van der Waals surface area contributed by atoms with Crippen LogP contribution in [0.4, 0.5) is 5.69 Å². The van der Waals surface area contributed by atoms with Crippen molar-refractivity contribution >= 4 is 23.2 Å². The third kappa shape index (κ3) is 2.36. The summed E-state index contributed by atoms with van der Waals surface area (Å²) in [7, 11) is 0. The van der Waals surface area contributed by atoms with E-state index >= 15 is 0 Å². The van der Waals surface area contributed by atoms with E-state index in [4.69, 9.17) is 11.6 Å². The number of halogens is 1. The summed E-state index contributed by atoms with van der Waals surface area (Å²) >= 11 is 5.94. The largest absolute Gasteiger partial charge is 0.340 e. The number of anilines is 1. The first-order valence-corrected chi connectivity index (χ1v) is 6.72. The fourth-order valence-corrected chi connectivity index (χ4v) is 2.40. The Morgan fingerprint density at radius 2 is 2.21 bits per heavy atom. The number of aromatic nitrogens is 2. The van der Waals surface area contributed by atoms with Crippen LogP contribution in [0, 0.1) is 0 Å². The first kappa shape index (κ1) is 12.2. The lowest BCUT2D eigenvalue weighted by Gasteiger charge is -2.28. The number of nitrogens with one attached hydrogen (secondary N) is 1. The second-order valence-corrected chi connectivity index (χ2v) is 5.04. The van der Waals surface area contributed by atoms with Gasteiger partial charge in [-0.25, -0.2) is 4.98 Å². The molecular weight excluding hydrogens is 262 g/mol. The zero-order chi connectivity index (χ0) is 13.2. The number of carbonyl (C=O) groups excluding carboxylic acids is 1. The van der Waals surface area contributed by atoms with Gasteiger partial charge in [0.2, 0.25) is 0 Å². The SMILES string of the molecule is O=C(Nc1cccnc1Cl)c1cccn1C1CCC1. The predicted molar refractivity (Wildman–Crippen MR) is 74.5 cm³/mol. The molecule has 2 heterocycles. The lowest BCUT2D eigenvalue weighted by atomic mass is 9.93. The predicted octanol–water partition coefficient (Wildman–Crippen LogP) is 3.51. The molecule has 0 bridgehead atoms. The van der Waals surface area contributed by atoms with Crippen LogP contribution in [0.2, 0.25) is 5.15 Å². The van der Waals surface area contributed by atoms with E-state index < -0.39 is 0 Å². The quantitative estimate of drug-likeness (QED) is 0.871. The first-order chi connectivity index (χ1) is 9.25. The van der Waals surface area contributed by atoms with E-state index in [9.17, 15) is 4.79 Å². The molecule has 4 nitrogen and oxygen atoms in total. The number of hydrogen-bond acceptors (Lipinski definition) is 2. The highest BCUT2D eigenvalue weighted by atomic mass is 35.5. The first-order valence-electron chi connectivity index (χ1n) is 6.34. The number of rotatable bonds is 3. The Kier molecular flexibility index (Phi) is 3.25. The van der Waals surface area contributed by atoms with Crippen molar-refractivity contribution in [1.82, 2.24) is 9.55 Å². The van der Waals surface area contributed by atoms with Crippen molar-refractivity contribution in [3.63, 3.8) is 0 Å². The maximum absolute atomic E-state index is 12.3. The summed E-state index contributed by atoms with van der Waals surface area (Å²) in [5.41, 5.74) is 1.21. The number of nitrogens with zero attached hydrogens (tertiary/aromatic N) is 2. The molecular formula is C14H14ClN3O. The number of hydrogen-bond donors (Lipinski definition) is 1. The van der Waals surface area contributed by atoms with Crippen LogP contribution in [-0.2, 0) is 0 Å². The fourth-order valence-electron chi connectivity index (χ4n) is 2.24. The number of carbonyl (C=O) groups is 1. The average molecular weight is 276 g/mol. The van der Waals surface area contributed by atoms with Gasteiger partial charge in [-0.3, -0.25) is 4.79 Å². The molecule has 0 spiro atoms. The third-order valence-corrected chi connectivity index (χ3v) is 3.79. The van der Waals surface area contributed by atoms with E-state index in [1.54, 1.807) is 18.3 Å². The maximum Gasteiger partial charge on any atom is 0.272 e. The van der Waals surface area contributed by atoms with Gasteiger partial charge in [0, 0.05) is 18.4 Å². The normalized spacial score (nSPS) is 15.0. The molecule has 1 saturated carbocycles. The molecule has 2 aromatic heterocycles. The van der Waals surface area contributed by atoms with Crippen LogP contribution in [0.25, 0.3) is 0 Å². The Morgan fingerprint density at radius 1 is 1.37 bits per heavy atom. The molecule has 3 rings (SSSR count). The minimum Gasteiger partial charge on any atom is -0.340 e. The molecule has 0 saturated heterocycles. The molecule has 19 heavy (non-hydrogen) atoms. The summed E-state index contributed by atoms with van der Waals surface area (Å²) in [6, 6.07) is 7.67. The lowest BCUT2D eigenvalue weighted by molar-refractivity contribution is 0.101. The van der Waals surface area contributed by atoms with Gasteiger partial charge in [0.1, 0.15) is 5.69 Å². The zero-order valence-electron chi connectivity index (χ0n) is 10.3. The van der Waals surface area contributed by atoms with Crippen molar-refractivity contribution in [1.29, 1.82) is 0 Å². The van der Waals surface area contributed by atoms with Crippen molar-refractivity contribution in [3.05, 3.63) is 47.5 Å². The van der Waals surface area contributed by atoms with Crippen LogP contribution < -0.4 is 5.32 Å². The van der Waals surface area contributed by atoms with E-state index in [0.29, 0.717) is 22.6 Å². The van der Waals surface area contributed by atoms with Crippen LogP contribution in [0.1, 0.15) is 35.8 Å². The van der Waals surface area contributed by atoms with Gasteiger partial charge in [0.25, 0.3) is 5.91 Å². The van der Waals surface area contributed by atoms with Crippen LogP contribution in [0.3, 0.4) is 0 Å². The highest BCUT2D eigenvalue weighted by Crippen LogP contribution is 2.33. The molecule has 2 aromatic rings. The second-order valence-electron chi connectivity index (χ2n) is 4.68. The van der Waals surface area contributed by atoms with Gasteiger partial charge in [-0.05, 0) is 43.5 Å². The Bertz CT molecular complexity index is 604. The summed E-state index contributed by atoms with van der Waals surface area (Å²) in [6.45, 7) is 0. The molecule has 98 valence electrons. The Labute approximate surface area is 116 Å². The van der Waals surface area contributed by atoms with E-state index in [1.165, 1.54) is 6.42 Å². The maximum atomic E-state index is 12.3. The van der Waals surface area contributed by atoms with E-state index in [0.717, 1.165) is 12.8 Å². The Hall–Kier alpha value is -1.81. The molecule has 0 unspecified atom stereocenters. The van der Waals surface area contributed by atoms with Gasteiger partial charge in [-0.15, -0.1) is 0 Å². The lowest BCUT2D eigenvalue weighted by Crippen LogP contribution is -2.23. The summed E-state index contributed by atoms with van der Waals surface area (Å²) in [5.74, 6) is -0.146. The summed E-state index contributed by atoms with van der Waals surface area (Å²) in [5, 5.41) is 3.11. The van der Waals surface area contributed by atoms with E-state index in [2.05, 4.69) is 10.3 Å². The smallest absolute Gasteiger partial charge is 0.272 e. The molecule has 1 N–H and O–H groups in total. The Morgan fingerprint density at radius 3 is 2.89 bits per heavy atom. The third-order valence-electron chi connectivity index (χ3n) is 3.49. The van der Waals surface area contributed by atoms with E-state index in [1.807, 2.05) is 22.9 Å².